The Hall–Kier alpha value is -2.00. The number of halogens is 1. The number of aryl methyl sites for hydroxylation is 2. The smallest absolute Gasteiger partial charge is 0.345 e. The number of carboxylic acids is 1. The molecule has 0 amide bonds. The van der Waals surface area contributed by atoms with Crippen molar-refractivity contribution < 1.29 is 14.6 Å². The molecule has 0 aliphatic heterocycles. The van der Waals surface area contributed by atoms with Gasteiger partial charge in [0.25, 0.3) is 0 Å². The van der Waals surface area contributed by atoms with Crippen LogP contribution >= 0.6 is 11.6 Å². The summed E-state index contributed by atoms with van der Waals surface area (Å²) in [5, 5.41) is 9.96. The van der Waals surface area contributed by atoms with Crippen molar-refractivity contribution in [3.8, 4) is 5.75 Å². The van der Waals surface area contributed by atoms with Crippen molar-refractivity contribution in [2.75, 3.05) is 0 Å². The van der Waals surface area contributed by atoms with E-state index in [1.54, 1.807) is 12.1 Å². The van der Waals surface area contributed by atoms with Crippen LogP contribution in [0.5, 0.6) is 5.75 Å². The first-order valence-corrected chi connectivity index (χ1v) is 7.04. The molecule has 0 aromatic heterocycles. The predicted octanol–water partition coefficient (Wildman–Crippen LogP) is 4.03. The number of benzene rings is 2. The van der Waals surface area contributed by atoms with Gasteiger partial charge in [0.1, 0.15) is 5.75 Å². The van der Waals surface area contributed by atoms with Crippen LogP contribution in [-0.4, -0.2) is 17.2 Å². The van der Waals surface area contributed by atoms with E-state index in [1.165, 1.54) is 0 Å². The van der Waals surface area contributed by atoms with Crippen molar-refractivity contribution in [1.29, 1.82) is 0 Å². The van der Waals surface area contributed by atoms with Crippen molar-refractivity contribution in [3.05, 3.63) is 64.2 Å². The molecular weight excluding hydrogens is 288 g/mol. The van der Waals surface area contributed by atoms with Crippen LogP contribution < -0.4 is 4.74 Å². The van der Waals surface area contributed by atoms with Crippen molar-refractivity contribution in [1.82, 2.24) is 0 Å². The minimum absolute atomic E-state index is 0.267. The summed E-state index contributed by atoms with van der Waals surface area (Å²) in [6.07, 6.45) is -0.672. The van der Waals surface area contributed by atoms with E-state index in [-0.39, 0.29) is 6.42 Å². The van der Waals surface area contributed by atoms with Gasteiger partial charge >= 0.3 is 5.97 Å². The van der Waals surface area contributed by atoms with Gasteiger partial charge in [-0.1, -0.05) is 35.9 Å². The first-order chi connectivity index (χ1) is 9.95. The summed E-state index contributed by atoms with van der Waals surface area (Å²) in [6, 6.07) is 12.9. The predicted molar refractivity (Wildman–Crippen MR) is 83.1 cm³/mol. The first kappa shape index (κ1) is 15.4. The molecule has 1 unspecified atom stereocenters. The Morgan fingerprint density at radius 1 is 1.24 bits per heavy atom. The lowest BCUT2D eigenvalue weighted by molar-refractivity contribution is -0.145. The van der Waals surface area contributed by atoms with Crippen molar-refractivity contribution in [2.45, 2.75) is 26.4 Å². The van der Waals surface area contributed by atoms with E-state index in [0.29, 0.717) is 10.8 Å². The molecule has 2 rings (SSSR count). The van der Waals surface area contributed by atoms with Crippen LogP contribution in [0.15, 0.2) is 42.5 Å². The summed E-state index contributed by atoms with van der Waals surface area (Å²) >= 11 is 6.07. The van der Waals surface area contributed by atoms with Crippen LogP contribution in [0.3, 0.4) is 0 Å². The average Bonchev–Trinajstić information content (AvgIpc) is 2.42. The fourth-order valence-corrected chi connectivity index (χ4v) is 2.21. The largest absolute Gasteiger partial charge is 0.478 e. The quantitative estimate of drug-likeness (QED) is 0.907. The fourth-order valence-electron chi connectivity index (χ4n) is 2.01. The molecule has 1 atom stereocenters. The van der Waals surface area contributed by atoms with Crippen LogP contribution in [0.1, 0.15) is 16.7 Å². The molecule has 0 heterocycles. The van der Waals surface area contributed by atoms with Gasteiger partial charge in [-0.3, -0.25) is 0 Å². The van der Waals surface area contributed by atoms with Gasteiger partial charge in [-0.15, -0.1) is 0 Å². The van der Waals surface area contributed by atoms with Gasteiger partial charge in [-0.25, -0.2) is 4.79 Å². The van der Waals surface area contributed by atoms with Crippen molar-refractivity contribution in [3.63, 3.8) is 0 Å². The molecule has 0 radical (unpaired) electrons. The van der Waals surface area contributed by atoms with E-state index in [1.807, 2.05) is 44.2 Å². The summed E-state index contributed by atoms with van der Waals surface area (Å²) in [5.74, 6) is -0.436. The number of carbonyl (C=O) groups is 1. The molecule has 2 aromatic carbocycles. The number of hydrogen-bond donors (Lipinski definition) is 1. The lowest BCUT2D eigenvalue weighted by Gasteiger charge is -2.16. The zero-order valence-electron chi connectivity index (χ0n) is 12.0. The average molecular weight is 305 g/mol. The third-order valence-corrected chi connectivity index (χ3v) is 3.61. The lowest BCUT2D eigenvalue weighted by atomic mass is 10.1. The van der Waals surface area contributed by atoms with Crippen molar-refractivity contribution >= 4 is 17.6 Å². The van der Waals surface area contributed by atoms with E-state index in [4.69, 9.17) is 16.3 Å². The second kappa shape index (κ2) is 6.64. The Morgan fingerprint density at radius 2 is 2.00 bits per heavy atom. The molecule has 0 spiro atoms. The minimum atomic E-state index is -0.992. The van der Waals surface area contributed by atoms with Gasteiger partial charge < -0.3 is 9.84 Å². The van der Waals surface area contributed by atoms with Gasteiger partial charge in [0.2, 0.25) is 0 Å². The highest BCUT2D eigenvalue weighted by Gasteiger charge is 2.20. The Morgan fingerprint density at radius 3 is 2.62 bits per heavy atom. The van der Waals surface area contributed by atoms with E-state index >= 15 is 0 Å². The summed E-state index contributed by atoms with van der Waals surface area (Å²) in [5.41, 5.74) is 2.83. The molecule has 110 valence electrons. The van der Waals surface area contributed by atoms with Crippen LogP contribution in [0.2, 0.25) is 5.02 Å². The Kier molecular flexibility index (Phi) is 4.86. The Balaban J connectivity index is 2.15. The molecule has 0 bridgehead atoms. The van der Waals surface area contributed by atoms with Gasteiger partial charge in [0, 0.05) is 11.4 Å². The lowest BCUT2D eigenvalue weighted by Crippen LogP contribution is -2.29. The standard InChI is InChI=1S/C17H17ClO3/c1-11-4-3-5-14(8-11)21-16(17(19)20)10-13-7-6-12(2)15(18)9-13/h3-9,16H,10H2,1-2H3,(H,19,20). The number of hydrogen-bond acceptors (Lipinski definition) is 2. The van der Waals surface area contributed by atoms with E-state index < -0.39 is 12.1 Å². The third-order valence-electron chi connectivity index (χ3n) is 3.20. The van der Waals surface area contributed by atoms with E-state index in [9.17, 15) is 9.90 Å². The molecule has 0 aliphatic rings. The van der Waals surface area contributed by atoms with E-state index in [0.717, 1.165) is 16.7 Å². The molecule has 1 N–H and O–H groups in total. The summed E-state index contributed by atoms with van der Waals surface area (Å²) < 4.78 is 5.59. The topological polar surface area (TPSA) is 46.5 Å². The summed E-state index contributed by atoms with van der Waals surface area (Å²) in [7, 11) is 0. The van der Waals surface area contributed by atoms with Crippen LogP contribution in [-0.2, 0) is 11.2 Å². The molecule has 3 nitrogen and oxygen atoms in total. The number of rotatable bonds is 5. The van der Waals surface area contributed by atoms with Crippen LogP contribution in [0.4, 0.5) is 0 Å². The molecule has 0 aliphatic carbocycles. The number of ether oxygens (including phenoxy) is 1. The highest BCUT2D eigenvalue weighted by molar-refractivity contribution is 6.31. The maximum atomic E-state index is 11.4. The monoisotopic (exact) mass is 304 g/mol. The molecule has 0 saturated carbocycles. The maximum Gasteiger partial charge on any atom is 0.345 e. The highest BCUT2D eigenvalue weighted by atomic mass is 35.5. The van der Waals surface area contributed by atoms with Gasteiger partial charge in [-0.05, 0) is 48.7 Å². The zero-order chi connectivity index (χ0) is 15.4. The van der Waals surface area contributed by atoms with Crippen LogP contribution in [0, 0.1) is 13.8 Å². The number of aliphatic carboxylic acids is 1. The molecule has 4 heteroatoms. The number of carboxylic acid groups (broad SMARTS) is 1. The maximum absolute atomic E-state index is 11.4. The van der Waals surface area contributed by atoms with E-state index in [2.05, 4.69) is 0 Å². The van der Waals surface area contributed by atoms with Crippen LogP contribution in [0.25, 0.3) is 0 Å². The molecule has 0 saturated heterocycles. The highest BCUT2D eigenvalue weighted by Crippen LogP contribution is 2.20. The first-order valence-electron chi connectivity index (χ1n) is 6.67. The molecule has 2 aromatic rings. The minimum Gasteiger partial charge on any atom is -0.478 e. The SMILES string of the molecule is Cc1cccc(OC(Cc2ccc(C)c(Cl)c2)C(=O)O)c1. The normalized spacial score (nSPS) is 12.0. The third kappa shape index (κ3) is 4.23. The molecule has 0 fully saturated rings. The second-order valence-corrected chi connectivity index (χ2v) is 5.46. The molecule has 21 heavy (non-hydrogen) atoms. The summed E-state index contributed by atoms with van der Waals surface area (Å²) in [6.45, 7) is 3.84. The fraction of sp³-hybridized carbons (Fsp3) is 0.235. The Labute approximate surface area is 129 Å². The Bertz CT molecular complexity index is 652. The molecular formula is C17H17ClO3. The zero-order valence-corrected chi connectivity index (χ0v) is 12.7. The second-order valence-electron chi connectivity index (χ2n) is 5.05. The van der Waals surface area contributed by atoms with Gasteiger partial charge in [0.15, 0.2) is 6.10 Å². The summed E-state index contributed by atoms with van der Waals surface area (Å²) in [4.78, 5) is 11.4. The van der Waals surface area contributed by atoms with Gasteiger partial charge in [0.05, 0.1) is 0 Å². The van der Waals surface area contributed by atoms with Crippen molar-refractivity contribution in [2.24, 2.45) is 0 Å². The van der Waals surface area contributed by atoms with Gasteiger partial charge in [-0.2, -0.15) is 0 Å².